The molecule has 1 heterocycles. The molecule has 0 spiro atoms. The fourth-order valence-electron chi connectivity index (χ4n) is 4.18. The third-order valence-corrected chi connectivity index (χ3v) is 7.64. The number of rotatable bonds is 6. The van der Waals surface area contributed by atoms with Gasteiger partial charge < -0.3 is 4.90 Å². The molecule has 1 saturated carbocycles. The first kappa shape index (κ1) is 20.1. The first-order valence-electron chi connectivity index (χ1n) is 10.4. The quantitative estimate of drug-likeness (QED) is 0.784. The molecule has 0 unspecified atom stereocenters. The molecule has 6 heteroatoms. The summed E-state index contributed by atoms with van der Waals surface area (Å²) in [6, 6.07) is 15.1. The number of amides is 1. The van der Waals surface area contributed by atoms with E-state index in [9.17, 15) is 13.2 Å². The normalized spacial score (nSPS) is 20.2. The lowest BCUT2D eigenvalue weighted by Gasteiger charge is -2.32. The van der Waals surface area contributed by atoms with Gasteiger partial charge in [-0.15, -0.1) is 0 Å². The number of sulfonamides is 1. The van der Waals surface area contributed by atoms with E-state index in [2.05, 4.69) is 4.72 Å². The maximum absolute atomic E-state index is 12.8. The zero-order chi connectivity index (χ0) is 20.6. The van der Waals surface area contributed by atoms with E-state index in [1.807, 2.05) is 49.1 Å². The lowest BCUT2D eigenvalue weighted by Crippen LogP contribution is -2.42. The van der Waals surface area contributed by atoms with Gasteiger partial charge in [-0.3, -0.25) is 4.79 Å². The van der Waals surface area contributed by atoms with Crippen LogP contribution in [-0.4, -0.2) is 26.9 Å². The summed E-state index contributed by atoms with van der Waals surface area (Å²) in [6.07, 6.45) is 3.74. The smallest absolute Gasteiger partial charge is 0.240 e. The number of carbonyl (C=O) groups is 1. The minimum atomic E-state index is -3.60. The maximum Gasteiger partial charge on any atom is 0.240 e. The Morgan fingerprint density at radius 3 is 2.55 bits per heavy atom. The highest BCUT2D eigenvalue weighted by molar-refractivity contribution is 7.89. The average molecular weight is 413 g/mol. The number of carbonyl (C=O) groups excluding carboxylic acids is 1. The summed E-state index contributed by atoms with van der Waals surface area (Å²) >= 11 is 0. The van der Waals surface area contributed by atoms with Gasteiger partial charge in [-0.05, 0) is 61.4 Å². The van der Waals surface area contributed by atoms with Crippen LogP contribution in [-0.2, 0) is 21.2 Å². The van der Waals surface area contributed by atoms with Crippen LogP contribution in [0.25, 0.3) is 0 Å². The molecular weight excluding hydrogens is 384 g/mol. The first-order chi connectivity index (χ1) is 13.9. The van der Waals surface area contributed by atoms with Crippen molar-refractivity contribution in [2.75, 3.05) is 11.4 Å². The standard InChI is InChI=1S/C23H28N2O3S/c1-16(18-7-4-3-5-8-18)15-24-29(27,28)21-11-12-22-20(14-21)13-17(2)25(22)23(26)19-9-6-10-19/h3-5,7-8,11-12,14,16-17,19,24H,6,9-10,13,15H2,1-2H3/t16-,17-/m1/s1. The van der Waals surface area contributed by atoms with Gasteiger partial charge in [-0.1, -0.05) is 43.7 Å². The number of fused-ring (bicyclic) bond motifs is 1. The Morgan fingerprint density at radius 1 is 1.17 bits per heavy atom. The molecule has 0 aromatic heterocycles. The molecule has 0 saturated heterocycles. The van der Waals surface area contributed by atoms with Crippen LogP contribution in [0.5, 0.6) is 0 Å². The zero-order valence-electron chi connectivity index (χ0n) is 17.0. The lowest BCUT2D eigenvalue weighted by atomic mass is 9.84. The van der Waals surface area contributed by atoms with E-state index < -0.39 is 10.0 Å². The van der Waals surface area contributed by atoms with Crippen molar-refractivity contribution in [3.63, 3.8) is 0 Å². The summed E-state index contributed by atoms with van der Waals surface area (Å²) in [5, 5.41) is 0. The van der Waals surface area contributed by atoms with E-state index in [1.54, 1.807) is 18.2 Å². The largest absolute Gasteiger partial charge is 0.309 e. The number of anilines is 1. The van der Waals surface area contributed by atoms with Gasteiger partial charge >= 0.3 is 0 Å². The molecule has 0 bridgehead atoms. The van der Waals surface area contributed by atoms with Crippen molar-refractivity contribution in [1.29, 1.82) is 0 Å². The summed E-state index contributed by atoms with van der Waals surface area (Å²) in [6.45, 7) is 4.38. The predicted molar refractivity (Wildman–Crippen MR) is 114 cm³/mol. The van der Waals surface area contributed by atoms with Crippen LogP contribution >= 0.6 is 0 Å². The molecule has 1 N–H and O–H groups in total. The molecule has 1 fully saturated rings. The number of hydrogen-bond donors (Lipinski definition) is 1. The number of hydrogen-bond acceptors (Lipinski definition) is 3. The summed E-state index contributed by atoms with van der Waals surface area (Å²) in [5.41, 5.74) is 2.90. The van der Waals surface area contributed by atoms with Crippen LogP contribution in [0.3, 0.4) is 0 Å². The predicted octanol–water partition coefficient (Wildman–Crippen LogP) is 3.85. The monoisotopic (exact) mass is 412 g/mol. The van der Waals surface area contributed by atoms with Crippen molar-refractivity contribution < 1.29 is 13.2 Å². The topological polar surface area (TPSA) is 66.5 Å². The van der Waals surface area contributed by atoms with Gasteiger partial charge in [-0.2, -0.15) is 0 Å². The third kappa shape index (κ3) is 3.96. The van der Waals surface area contributed by atoms with E-state index in [1.165, 1.54) is 0 Å². The molecule has 1 amide bonds. The van der Waals surface area contributed by atoms with Crippen molar-refractivity contribution in [2.24, 2.45) is 5.92 Å². The Balaban J connectivity index is 1.49. The van der Waals surface area contributed by atoms with E-state index in [-0.39, 0.29) is 28.7 Å². The fourth-order valence-corrected chi connectivity index (χ4v) is 5.36. The number of nitrogens with zero attached hydrogens (tertiary/aromatic N) is 1. The summed E-state index contributed by atoms with van der Waals surface area (Å²) in [7, 11) is -3.60. The summed E-state index contributed by atoms with van der Waals surface area (Å²) in [4.78, 5) is 14.9. The lowest BCUT2D eigenvalue weighted by molar-refractivity contribution is -0.125. The van der Waals surface area contributed by atoms with Crippen LogP contribution in [0.15, 0.2) is 53.4 Å². The van der Waals surface area contributed by atoms with Crippen molar-refractivity contribution in [1.82, 2.24) is 4.72 Å². The molecular formula is C23H28N2O3S. The van der Waals surface area contributed by atoms with Gasteiger partial charge in [0.25, 0.3) is 0 Å². The fraction of sp³-hybridized carbons (Fsp3) is 0.435. The summed E-state index contributed by atoms with van der Waals surface area (Å²) in [5.74, 6) is 0.400. The van der Waals surface area contributed by atoms with E-state index in [4.69, 9.17) is 0 Å². The molecule has 0 radical (unpaired) electrons. The Hall–Kier alpha value is -2.18. The second kappa shape index (κ2) is 7.92. The van der Waals surface area contributed by atoms with Crippen LogP contribution < -0.4 is 9.62 Å². The second-order valence-electron chi connectivity index (χ2n) is 8.34. The molecule has 2 aromatic carbocycles. The van der Waals surface area contributed by atoms with Gasteiger partial charge in [0.2, 0.25) is 15.9 Å². The first-order valence-corrected chi connectivity index (χ1v) is 11.9. The third-order valence-electron chi connectivity index (χ3n) is 6.22. The Morgan fingerprint density at radius 2 is 1.90 bits per heavy atom. The van der Waals surface area contributed by atoms with Gasteiger partial charge in [0, 0.05) is 24.2 Å². The molecule has 2 aromatic rings. The molecule has 1 aliphatic carbocycles. The van der Waals surface area contributed by atoms with Crippen molar-refractivity contribution in [3.8, 4) is 0 Å². The Labute approximate surface area is 173 Å². The molecule has 2 aliphatic rings. The van der Waals surface area contributed by atoms with Crippen LogP contribution in [0, 0.1) is 5.92 Å². The molecule has 154 valence electrons. The molecule has 5 nitrogen and oxygen atoms in total. The number of benzene rings is 2. The highest BCUT2D eigenvalue weighted by Gasteiger charge is 2.37. The van der Waals surface area contributed by atoms with Crippen LogP contribution in [0.2, 0.25) is 0 Å². The van der Waals surface area contributed by atoms with Crippen molar-refractivity contribution >= 4 is 21.6 Å². The summed E-state index contributed by atoms with van der Waals surface area (Å²) < 4.78 is 28.4. The highest BCUT2D eigenvalue weighted by atomic mass is 32.2. The van der Waals surface area contributed by atoms with Crippen LogP contribution in [0.4, 0.5) is 5.69 Å². The Bertz CT molecular complexity index is 1000. The van der Waals surface area contributed by atoms with Crippen LogP contribution in [0.1, 0.15) is 50.2 Å². The zero-order valence-corrected chi connectivity index (χ0v) is 17.8. The SMILES string of the molecule is C[C@H](CNS(=O)(=O)c1ccc2c(c1)C[C@@H](C)N2C(=O)C1CCC1)c1ccccc1. The second-order valence-corrected chi connectivity index (χ2v) is 10.1. The van der Waals surface area contributed by atoms with Crippen molar-refractivity contribution in [2.45, 2.75) is 56.4 Å². The van der Waals surface area contributed by atoms with E-state index >= 15 is 0 Å². The number of nitrogens with one attached hydrogen (secondary N) is 1. The molecule has 4 rings (SSSR count). The highest BCUT2D eigenvalue weighted by Crippen LogP contribution is 2.38. The van der Waals surface area contributed by atoms with Crippen molar-refractivity contribution in [3.05, 3.63) is 59.7 Å². The van der Waals surface area contributed by atoms with Gasteiger partial charge in [0.15, 0.2) is 0 Å². The molecule has 29 heavy (non-hydrogen) atoms. The van der Waals surface area contributed by atoms with E-state index in [0.29, 0.717) is 13.0 Å². The average Bonchev–Trinajstić information content (AvgIpc) is 3.00. The van der Waals surface area contributed by atoms with Gasteiger partial charge in [-0.25, -0.2) is 13.1 Å². The minimum absolute atomic E-state index is 0.0714. The van der Waals surface area contributed by atoms with E-state index in [0.717, 1.165) is 36.1 Å². The van der Waals surface area contributed by atoms with Gasteiger partial charge in [0.05, 0.1) is 4.90 Å². The Kier molecular flexibility index (Phi) is 5.49. The maximum atomic E-state index is 12.8. The van der Waals surface area contributed by atoms with Gasteiger partial charge in [0.1, 0.15) is 0 Å². The molecule has 1 aliphatic heterocycles. The minimum Gasteiger partial charge on any atom is -0.309 e. The molecule has 2 atom stereocenters.